The first-order valence-electron chi connectivity index (χ1n) is 7.61. The Morgan fingerprint density at radius 1 is 1.24 bits per heavy atom. The van der Waals surface area contributed by atoms with Crippen LogP contribution in [0.4, 0.5) is 10.5 Å². The van der Waals surface area contributed by atoms with E-state index in [1.807, 2.05) is 13.0 Å². The average molecular weight is 356 g/mol. The Morgan fingerprint density at radius 3 is 2.60 bits per heavy atom. The van der Waals surface area contributed by atoms with Crippen molar-refractivity contribution < 1.29 is 18.8 Å². The summed E-state index contributed by atoms with van der Waals surface area (Å²) in [6.07, 6.45) is 1.62. The number of hydrogen-bond acceptors (Lipinski definition) is 5. The molecule has 0 spiro atoms. The molecule has 25 heavy (non-hydrogen) atoms. The molecule has 3 rings (SSSR count). The molecule has 0 atom stereocenters. The Balaban J connectivity index is 1.71. The third-order valence-corrected chi connectivity index (χ3v) is 4.51. The van der Waals surface area contributed by atoms with Gasteiger partial charge in [0, 0.05) is 11.3 Å². The lowest BCUT2D eigenvalue weighted by molar-refractivity contribution is -0.127. The second-order valence-electron chi connectivity index (χ2n) is 5.55. The number of carbonyl (C=O) groups is 3. The molecule has 1 aliphatic heterocycles. The Kier molecular flexibility index (Phi) is 4.76. The van der Waals surface area contributed by atoms with Crippen molar-refractivity contribution in [2.75, 3.05) is 11.9 Å². The predicted molar refractivity (Wildman–Crippen MR) is 95.9 cm³/mol. The van der Waals surface area contributed by atoms with Crippen LogP contribution in [-0.4, -0.2) is 28.5 Å². The average Bonchev–Trinajstić information content (AvgIpc) is 3.01. The van der Waals surface area contributed by atoms with Crippen LogP contribution in [0.5, 0.6) is 0 Å². The number of nitrogens with one attached hydrogen (secondary N) is 1. The summed E-state index contributed by atoms with van der Waals surface area (Å²) in [5.74, 6) is 0.498. The second-order valence-corrected chi connectivity index (χ2v) is 6.54. The maximum atomic E-state index is 12.4. The molecule has 2 heterocycles. The van der Waals surface area contributed by atoms with E-state index in [0.717, 1.165) is 28.0 Å². The number of aryl methyl sites for hydroxylation is 2. The molecule has 0 unspecified atom stereocenters. The van der Waals surface area contributed by atoms with E-state index in [9.17, 15) is 14.4 Å². The van der Waals surface area contributed by atoms with Crippen LogP contribution >= 0.6 is 11.8 Å². The zero-order valence-corrected chi connectivity index (χ0v) is 14.6. The van der Waals surface area contributed by atoms with Crippen molar-refractivity contribution in [3.05, 3.63) is 58.4 Å². The van der Waals surface area contributed by atoms with Gasteiger partial charge in [-0.1, -0.05) is 18.2 Å². The molecule has 6 nitrogen and oxygen atoms in total. The lowest BCUT2D eigenvalue weighted by Crippen LogP contribution is -2.36. The molecule has 1 aromatic heterocycles. The summed E-state index contributed by atoms with van der Waals surface area (Å²) in [4.78, 5) is 37.8. The Hall–Kier alpha value is -2.80. The van der Waals surface area contributed by atoms with Crippen molar-refractivity contribution in [2.24, 2.45) is 0 Å². The molecule has 0 bridgehead atoms. The standard InChI is InChI=1S/C18H16N2O4S/c1-11-8-13(12(2)24-11)9-15-17(22)20(18(23)25-15)10-16(21)19-14-6-4-3-5-7-14/h3-9H,10H2,1-2H3,(H,19,21)/b15-9-. The van der Waals surface area contributed by atoms with Gasteiger partial charge in [0.2, 0.25) is 5.91 Å². The number of furan rings is 1. The molecule has 1 saturated heterocycles. The van der Waals surface area contributed by atoms with E-state index in [2.05, 4.69) is 5.32 Å². The maximum Gasteiger partial charge on any atom is 0.294 e. The molecule has 0 saturated carbocycles. The van der Waals surface area contributed by atoms with Crippen LogP contribution in [-0.2, 0) is 9.59 Å². The molecule has 1 aromatic carbocycles. The van der Waals surface area contributed by atoms with E-state index in [4.69, 9.17) is 4.42 Å². The highest BCUT2D eigenvalue weighted by Crippen LogP contribution is 2.33. The van der Waals surface area contributed by atoms with Gasteiger partial charge in [0.15, 0.2) is 0 Å². The van der Waals surface area contributed by atoms with Gasteiger partial charge in [0.05, 0.1) is 4.91 Å². The highest BCUT2D eigenvalue weighted by atomic mass is 32.2. The smallest absolute Gasteiger partial charge is 0.294 e. The van der Waals surface area contributed by atoms with E-state index < -0.39 is 17.1 Å². The van der Waals surface area contributed by atoms with E-state index >= 15 is 0 Å². The van der Waals surface area contributed by atoms with Gasteiger partial charge in [-0.15, -0.1) is 0 Å². The van der Waals surface area contributed by atoms with Gasteiger partial charge in [-0.2, -0.15) is 0 Å². The van der Waals surface area contributed by atoms with Gasteiger partial charge in [-0.25, -0.2) is 0 Å². The molecule has 128 valence electrons. The van der Waals surface area contributed by atoms with Crippen molar-refractivity contribution in [2.45, 2.75) is 13.8 Å². The van der Waals surface area contributed by atoms with Crippen LogP contribution < -0.4 is 5.32 Å². The van der Waals surface area contributed by atoms with Crippen LogP contribution in [0.2, 0.25) is 0 Å². The zero-order valence-electron chi connectivity index (χ0n) is 13.7. The van der Waals surface area contributed by atoms with Crippen molar-refractivity contribution >= 4 is 40.6 Å². The summed E-state index contributed by atoms with van der Waals surface area (Å²) in [6, 6.07) is 10.7. The molecule has 2 aromatic rings. The number of benzene rings is 1. The Bertz CT molecular complexity index is 870. The van der Waals surface area contributed by atoms with Crippen LogP contribution in [0.25, 0.3) is 6.08 Å². The number of thioether (sulfide) groups is 1. The first-order valence-corrected chi connectivity index (χ1v) is 8.43. The summed E-state index contributed by atoms with van der Waals surface area (Å²) >= 11 is 0.820. The molecule has 1 N–H and O–H groups in total. The molecular weight excluding hydrogens is 340 g/mol. The number of nitrogens with zero attached hydrogens (tertiary/aromatic N) is 1. The van der Waals surface area contributed by atoms with Crippen molar-refractivity contribution in [3.63, 3.8) is 0 Å². The summed E-state index contributed by atoms with van der Waals surface area (Å²) in [6.45, 7) is 3.28. The first-order chi connectivity index (χ1) is 11.9. The number of imide groups is 1. The van der Waals surface area contributed by atoms with Crippen LogP contribution in [0.1, 0.15) is 17.1 Å². The largest absolute Gasteiger partial charge is 0.466 e. The highest BCUT2D eigenvalue weighted by Gasteiger charge is 2.36. The van der Waals surface area contributed by atoms with E-state index in [1.54, 1.807) is 43.3 Å². The van der Waals surface area contributed by atoms with E-state index in [0.29, 0.717) is 11.4 Å². The van der Waals surface area contributed by atoms with Gasteiger partial charge < -0.3 is 9.73 Å². The van der Waals surface area contributed by atoms with Gasteiger partial charge in [-0.05, 0) is 49.9 Å². The van der Waals surface area contributed by atoms with Gasteiger partial charge >= 0.3 is 0 Å². The highest BCUT2D eigenvalue weighted by molar-refractivity contribution is 8.18. The maximum absolute atomic E-state index is 12.4. The number of anilines is 1. The molecule has 0 radical (unpaired) electrons. The molecule has 1 aliphatic rings. The number of rotatable bonds is 4. The minimum absolute atomic E-state index is 0.279. The third-order valence-electron chi connectivity index (χ3n) is 3.60. The Morgan fingerprint density at radius 2 is 1.96 bits per heavy atom. The summed E-state index contributed by atoms with van der Waals surface area (Å²) in [7, 11) is 0. The van der Waals surface area contributed by atoms with Crippen molar-refractivity contribution in [1.29, 1.82) is 0 Å². The fraction of sp³-hybridized carbons (Fsp3) is 0.167. The zero-order chi connectivity index (χ0) is 18.0. The van der Waals surface area contributed by atoms with Crippen molar-refractivity contribution in [1.82, 2.24) is 4.90 Å². The number of hydrogen-bond donors (Lipinski definition) is 1. The normalized spacial score (nSPS) is 15.9. The summed E-state index contributed by atoms with van der Waals surface area (Å²) in [5.41, 5.74) is 1.36. The van der Waals surface area contributed by atoms with Gasteiger partial charge in [-0.3, -0.25) is 19.3 Å². The predicted octanol–water partition coefficient (Wildman–Crippen LogP) is 3.57. The number of amides is 3. The SMILES string of the molecule is Cc1cc(/C=C2\SC(=O)N(CC(=O)Nc3ccccc3)C2=O)c(C)o1. The molecule has 1 fully saturated rings. The minimum atomic E-state index is -0.475. The third kappa shape index (κ3) is 3.83. The summed E-state index contributed by atoms with van der Waals surface area (Å²) < 4.78 is 5.42. The topological polar surface area (TPSA) is 79.6 Å². The van der Waals surface area contributed by atoms with E-state index in [1.165, 1.54) is 0 Å². The Labute approximate surface area is 148 Å². The van der Waals surface area contributed by atoms with Crippen LogP contribution in [0.3, 0.4) is 0 Å². The first kappa shape index (κ1) is 17.0. The lowest BCUT2D eigenvalue weighted by atomic mass is 10.2. The molecule has 7 heteroatoms. The van der Waals surface area contributed by atoms with Crippen LogP contribution in [0.15, 0.2) is 45.7 Å². The second kappa shape index (κ2) is 6.98. The minimum Gasteiger partial charge on any atom is -0.466 e. The van der Waals surface area contributed by atoms with Gasteiger partial charge in [0.25, 0.3) is 11.1 Å². The molecular formula is C18H16N2O4S. The van der Waals surface area contributed by atoms with E-state index in [-0.39, 0.29) is 11.4 Å². The quantitative estimate of drug-likeness (QED) is 0.847. The fourth-order valence-electron chi connectivity index (χ4n) is 2.44. The number of para-hydroxylation sites is 1. The molecule has 3 amide bonds. The lowest BCUT2D eigenvalue weighted by Gasteiger charge is -2.12. The summed E-state index contributed by atoms with van der Waals surface area (Å²) in [5, 5.41) is 2.20. The van der Waals surface area contributed by atoms with Crippen LogP contribution in [0, 0.1) is 13.8 Å². The van der Waals surface area contributed by atoms with Gasteiger partial charge in [0.1, 0.15) is 18.1 Å². The fourth-order valence-corrected chi connectivity index (χ4v) is 3.27. The molecule has 0 aliphatic carbocycles. The monoisotopic (exact) mass is 356 g/mol. The van der Waals surface area contributed by atoms with Crippen molar-refractivity contribution in [3.8, 4) is 0 Å². The number of carbonyl (C=O) groups excluding carboxylic acids is 3.